The minimum atomic E-state index is -0.932. The second-order valence-electron chi connectivity index (χ2n) is 3.98. The van der Waals surface area contributed by atoms with Gasteiger partial charge in [-0.2, -0.15) is 0 Å². The average molecular weight is 235 g/mol. The summed E-state index contributed by atoms with van der Waals surface area (Å²) in [6.07, 6.45) is -0.503. The molecule has 0 unspecified atom stereocenters. The number of cyclic esters (lactones) is 2. The zero-order chi connectivity index (χ0) is 12.4. The van der Waals surface area contributed by atoms with Crippen molar-refractivity contribution in [1.82, 2.24) is 0 Å². The lowest BCUT2D eigenvalue weighted by Crippen LogP contribution is -2.31. The fourth-order valence-electron chi connectivity index (χ4n) is 1.57. The molecule has 0 amide bonds. The minimum Gasteiger partial charge on any atom is -0.453 e. The van der Waals surface area contributed by atoms with E-state index in [-0.39, 0.29) is 6.61 Å². The Kier molecular flexibility index (Phi) is 2.99. The van der Waals surface area contributed by atoms with Crippen LogP contribution >= 0.6 is 0 Å². The number of carbonyl (C=O) groups is 2. The monoisotopic (exact) mass is 235 g/mol. The topological polar surface area (TPSA) is 55.8 Å². The molecule has 1 saturated heterocycles. The summed E-state index contributed by atoms with van der Waals surface area (Å²) < 4.78 is 9.67. The molecule has 1 aromatic rings. The molecule has 90 valence electrons. The number of hydrogen-bond acceptors (Lipinski definition) is 5. The first-order chi connectivity index (χ1) is 8.08. The Labute approximate surface area is 98.9 Å². The van der Waals surface area contributed by atoms with Crippen LogP contribution in [0.1, 0.15) is 11.7 Å². The second-order valence-corrected chi connectivity index (χ2v) is 3.98. The first-order valence-corrected chi connectivity index (χ1v) is 5.23. The van der Waals surface area contributed by atoms with E-state index in [1.165, 1.54) is 0 Å². The number of carbonyl (C=O) groups excluding carboxylic acids is 2. The van der Waals surface area contributed by atoms with Crippen LogP contribution in [0.3, 0.4) is 0 Å². The van der Waals surface area contributed by atoms with Crippen molar-refractivity contribution in [2.75, 3.05) is 25.6 Å². The largest absolute Gasteiger partial charge is 0.453 e. The predicted octanol–water partition coefficient (Wildman–Crippen LogP) is 0.894. The van der Waals surface area contributed by atoms with E-state index in [9.17, 15) is 9.59 Å². The van der Waals surface area contributed by atoms with Gasteiger partial charge in [0.05, 0.1) is 0 Å². The molecule has 1 fully saturated rings. The predicted molar refractivity (Wildman–Crippen MR) is 60.6 cm³/mol. The molecule has 1 aliphatic rings. The summed E-state index contributed by atoms with van der Waals surface area (Å²) in [5.74, 6) is -1.86. The van der Waals surface area contributed by atoms with Crippen molar-refractivity contribution in [3.63, 3.8) is 0 Å². The van der Waals surface area contributed by atoms with Gasteiger partial charge in [0, 0.05) is 19.8 Å². The molecule has 1 aromatic carbocycles. The molecule has 0 aliphatic carbocycles. The van der Waals surface area contributed by atoms with Gasteiger partial charge in [0.2, 0.25) is 0 Å². The first kappa shape index (κ1) is 11.4. The number of anilines is 1. The molecule has 1 atom stereocenters. The van der Waals surface area contributed by atoms with Crippen molar-refractivity contribution in [2.24, 2.45) is 0 Å². The molecular formula is C12H13NO4. The summed E-state index contributed by atoms with van der Waals surface area (Å²) in [7, 11) is 3.88. The third-order valence-electron chi connectivity index (χ3n) is 2.56. The van der Waals surface area contributed by atoms with Gasteiger partial charge < -0.3 is 14.4 Å². The molecule has 0 saturated carbocycles. The van der Waals surface area contributed by atoms with Gasteiger partial charge in [-0.1, -0.05) is 12.1 Å². The fourth-order valence-corrected chi connectivity index (χ4v) is 1.57. The molecule has 0 N–H and O–H groups in total. The van der Waals surface area contributed by atoms with E-state index in [0.717, 1.165) is 11.3 Å². The van der Waals surface area contributed by atoms with Crippen LogP contribution in [0.25, 0.3) is 0 Å². The maximum absolute atomic E-state index is 11.0. The number of ether oxygens (including phenoxy) is 2. The quantitative estimate of drug-likeness (QED) is 0.563. The Morgan fingerprint density at radius 2 is 1.76 bits per heavy atom. The summed E-state index contributed by atoms with van der Waals surface area (Å²) in [5, 5.41) is 0. The standard InChI is InChI=1S/C12H13NO4/c1-13(2)9-5-3-8(4-6-9)10-7-16-11(14)12(15)17-10/h3-6,10H,7H2,1-2H3/t10-/m1/s1. The summed E-state index contributed by atoms with van der Waals surface area (Å²) in [5.41, 5.74) is 1.87. The van der Waals surface area contributed by atoms with Crippen molar-refractivity contribution in [3.8, 4) is 0 Å². The van der Waals surface area contributed by atoms with Gasteiger partial charge in [-0.05, 0) is 17.7 Å². The Bertz CT molecular complexity index is 438. The highest BCUT2D eigenvalue weighted by Gasteiger charge is 2.30. The highest BCUT2D eigenvalue weighted by atomic mass is 16.6. The zero-order valence-corrected chi connectivity index (χ0v) is 9.67. The second kappa shape index (κ2) is 4.45. The molecule has 1 heterocycles. The molecule has 5 nitrogen and oxygen atoms in total. The van der Waals surface area contributed by atoms with Gasteiger partial charge >= 0.3 is 11.9 Å². The highest BCUT2D eigenvalue weighted by molar-refractivity contribution is 6.30. The maximum atomic E-state index is 11.0. The van der Waals surface area contributed by atoms with Gasteiger partial charge in [0.25, 0.3) is 0 Å². The summed E-state index contributed by atoms with van der Waals surface area (Å²) >= 11 is 0. The smallest absolute Gasteiger partial charge is 0.418 e. The lowest BCUT2D eigenvalue weighted by atomic mass is 10.1. The van der Waals surface area contributed by atoms with Crippen LogP contribution in [0.15, 0.2) is 24.3 Å². The molecule has 0 radical (unpaired) electrons. The van der Waals surface area contributed by atoms with Gasteiger partial charge in [-0.25, -0.2) is 9.59 Å². The number of nitrogens with zero attached hydrogens (tertiary/aromatic N) is 1. The van der Waals surface area contributed by atoms with Crippen LogP contribution in [0, 0.1) is 0 Å². The van der Waals surface area contributed by atoms with Crippen molar-refractivity contribution in [1.29, 1.82) is 0 Å². The summed E-state index contributed by atoms with van der Waals surface area (Å²) in [4.78, 5) is 23.8. The molecule has 0 aromatic heterocycles. The molecule has 0 bridgehead atoms. The zero-order valence-electron chi connectivity index (χ0n) is 9.67. The van der Waals surface area contributed by atoms with Gasteiger partial charge in [-0.15, -0.1) is 0 Å². The van der Waals surface area contributed by atoms with Crippen LogP contribution in [-0.4, -0.2) is 32.6 Å². The number of benzene rings is 1. The van der Waals surface area contributed by atoms with Crippen molar-refractivity contribution < 1.29 is 19.1 Å². The lowest BCUT2D eigenvalue weighted by molar-refractivity contribution is -0.185. The SMILES string of the molecule is CN(C)c1ccc([C@H]2COC(=O)C(=O)O2)cc1. The van der Waals surface area contributed by atoms with E-state index < -0.39 is 18.0 Å². The molecule has 1 aliphatic heterocycles. The van der Waals surface area contributed by atoms with E-state index >= 15 is 0 Å². The number of esters is 2. The molecular weight excluding hydrogens is 222 g/mol. The van der Waals surface area contributed by atoms with Crippen LogP contribution in [0.4, 0.5) is 5.69 Å². The molecule has 17 heavy (non-hydrogen) atoms. The summed E-state index contributed by atoms with van der Waals surface area (Å²) in [6.45, 7) is 0.0753. The van der Waals surface area contributed by atoms with E-state index in [4.69, 9.17) is 9.47 Å². The van der Waals surface area contributed by atoms with E-state index in [1.807, 2.05) is 43.3 Å². The van der Waals surface area contributed by atoms with Gasteiger partial charge in [-0.3, -0.25) is 0 Å². The number of rotatable bonds is 2. The Morgan fingerprint density at radius 1 is 1.12 bits per heavy atom. The van der Waals surface area contributed by atoms with Crippen molar-refractivity contribution in [2.45, 2.75) is 6.10 Å². The van der Waals surface area contributed by atoms with Crippen molar-refractivity contribution in [3.05, 3.63) is 29.8 Å². The van der Waals surface area contributed by atoms with E-state index in [2.05, 4.69) is 0 Å². The molecule has 5 heteroatoms. The number of hydrogen-bond donors (Lipinski definition) is 0. The minimum absolute atomic E-state index is 0.0753. The van der Waals surface area contributed by atoms with Crippen LogP contribution < -0.4 is 4.90 Å². The van der Waals surface area contributed by atoms with Gasteiger partial charge in [0.1, 0.15) is 6.61 Å². The lowest BCUT2D eigenvalue weighted by Gasteiger charge is -2.22. The third kappa shape index (κ3) is 2.38. The van der Waals surface area contributed by atoms with E-state index in [1.54, 1.807) is 0 Å². The van der Waals surface area contributed by atoms with Crippen LogP contribution in [0.2, 0.25) is 0 Å². The van der Waals surface area contributed by atoms with Crippen LogP contribution in [0.5, 0.6) is 0 Å². The average Bonchev–Trinajstić information content (AvgIpc) is 2.33. The Balaban J connectivity index is 2.12. The molecule has 2 rings (SSSR count). The Morgan fingerprint density at radius 3 is 2.29 bits per heavy atom. The maximum Gasteiger partial charge on any atom is 0.418 e. The highest BCUT2D eigenvalue weighted by Crippen LogP contribution is 2.23. The van der Waals surface area contributed by atoms with E-state index in [0.29, 0.717) is 0 Å². The first-order valence-electron chi connectivity index (χ1n) is 5.23. The molecule has 0 spiro atoms. The summed E-state index contributed by atoms with van der Waals surface area (Å²) in [6, 6.07) is 7.54. The van der Waals surface area contributed by atoms with Crippen molar-refractivity contribution >= 4 is 17.6 Å². The van der Waals surface area contributed by atoms with Crippen LogP contribution in [-0.2, 0) is 19.1 Å². The third-order valence-corrected chi connectivity index (χ3v) is 2.56. The normalized spacial score (nSPS) is 19.5. The fraction of sp³-hybridized carbons (Fsp3) is 0.333. The Hall–Kier alpha value is -2.04. The van der Waals surface area contributed by atoms with Gasteiger partial charge in [0.15, 0.2) is 6.10 Å².